The van der Waals surface area contributed by atoms with E-state index >= 15 is 0 Å². The van der Waals surface area contributed by atoms with Crippen LogP contribution in [0.5, 0.6) is 17.2 Å². The van der Waals surface area contributed by atoms with Gasteiger partial charge in [-0.1, -0.05) is 11.6 Å². The molecule has 168 valence electrons. The van der Waals surface area contributed by atoms with Crippen LogP contribution in [0.25, 0.3) is 0 Å². The third kappa shape index (κ3) is 5.38. The van der Waals surface area contributed by atoms with E-state index in [1.165, 1.54) is 12.3 Å². The Hall–Kier alpha value is -3.53. The predicted octanol–water partition coefficient (Wildman–Crippen LogP) is 5.63. The lowest BCUT2D eigenvalue weighted by atomic mass is 10.1. The van der Waals surface area contributed by atoms with Crippen molar-refractivity contribution in [3.63, 3.8) is 0 Å². The largest absolute Gasteiger partial charge is 0.490 e. The normalized spacial score (nSPS) is 11.2. The van der Waals surface area contributed by atoms with E-state index in [1.54, 1.807) is 6.92 Å². The zero-order valence-electron chi connectivity index (χ0n) is 16.3. The number of carbonyl (C=O) groups is 1. The minimum absolute atomic E-state index is 0.0723. The molecule has 3 rings (SSSR count). The highest BCUT2D eigenvalue weighted by molar-refractivity contribution is 6.32. The first-order valence-corrected chi connectivity index (χ1v) is 9.47. The van der Waals surface area contributed by atoms with Crippen molar-refractivity contribution in [2.45, 2.75) is 13.1 Å². The molecule has 0 aliphatic rings. The van der Waals surface area contributed by atoms with E-state index in [4.69, 9.17) is 21.1 Å². The van der Waals surface area contributed by atoms with Gasteiger partial charge in [0, 0.05) is 24.0 Å². The van der Waals surface area contributed by atoms with Crippen molar-refractivity contribution in [3.05, 3.63) is 81.0 Å². The highest BCUT2D eigenvalue weighted by Crippen LogP contribution is 2.41. The van der Waals surface area contributed by atoms with Gasteiger partial charge in [0.25, 0.3) is 5.91 Å². The first-order valence-electron chi connectivity index (χ1n) is 9.09. The smallest absolute Gasteiger partial charge is 0.417 e. The van der Waals surface area contributed by atoms with Gasteiger partial charge in [-0.15, -0.1) is 0 Å². The Morgan fingerprint density at radius 2 is 1.84 bits per heavy atom. The van der Waals surface area contributed by atoms with Crippen LogP contribution in [0, 0.1) is 5.82 Å². The molecule has 11 heteroatoms. The number of anilines is 1. The van der Waals surface area contributed by atoms with Crippen LogP contribution in [0.4, 0.5) is 23.2 Å². The monoisotopic (exact) mass is 470 g/mol. The minimum Gasteiger partial charge on any atom is -0.490 e. The van der Waals surface area contributed by atoms with E-state index in [2.05, 4.69) is 10.3 Å². The highest BCUT2D eigenvalue weighted by atomic mass is 35.5. The van der Waals surface area contributed by atoms with Crippen molar-refractivity contribution in [3.8, 4) is 17.2 Å². The zero-order valence-corrected chi connectivity index (χ0v) is 17.1. The highest BCUT2D eigenvalue weighted by Gasteiger charge is 2.35. The molecule has 0 fully saturated rings. The van der Waals surface area contributed by atoms with Crippen molar-refractivity contribution in [1.29, 1.82) is 0 Å². The SMILES string of the molecule is CCOc1cc(F)ccc1Oc1cc(C(F)(F)F)c(Cl)cc1C(=O)Nc1cc[nH]c(=O)c1. The number of halogens is 5. The maximum absolute atomic E-state index is 13.6. The van der Waals surface area contributed by atoms with Gasteiger partial charge in [-0.25, -0.2) is 4.39 Å². The third-order valence-electron chi connectivity index (χ3n) is 4.08. The predicted molar refractivity (Wildman–Crippen MR) is 109 cm³/mol. The molecule has 0 aliphatic carbocycles. The van der Waals surface area contributed by atoms with Crippen LogP contribution in [0.15, 0.2) is 53.5 Å². The molecule has 0 aliphatic heterocycles. The lowest BCUT2D eigenvalue weighted by Gasteiger charge is -2.17. The van der Waals surface area contributed by atoms with Crippen LogP contribution in [-0.4, -0.2) is 17.5 Å². The molecule has 3 aromatic rings. The van der Waals surface area contributed by atoms with Gasteiger partial charge >= 0.3 is 6.18 Å². The number of rotatable bonds is 6. The second kappa shape index (κ2) is 9.31. The number of hydrogen-bond donors (Lipinski definition) is 2. The topological polar surface area (TPSA) is 80.4 Å². The van der Waals surface area contributed by atoms with E-state index in [0.717, 1.165) is 30.3 Å². The molecule has 1 heterocycles. The summed E-state index contributed by atoms with van der Waals surface area (Å²) in [6.07, 6.45) is -3.55. The molecule has 0 spiro atoms. The van der Waals surface area contributed by atoms with Gasteiger partial charge in [0.2, 0.25) is 5.56 Å². The second-order valence-corrected chi connectivity index (χ2v) is 6.76. The summed E-state index contributed by atoms with van der Waals surface area (Å²) < 4.78 is 64.6. The summed E-state index contributed by atoms with van der Waals surface area (Å²) in [5.41, 5.74) is -1.99. The Labute approximate surface area is 183 Å². The van der Waals surface area contributed by atoms with E-state index in [1.807, 2.05) is 0 Å². The number of pyridine rings is 1. The van der Waals surface area contributed by atoms with E-state index in [0.29, 0.717) is 6.07 Å². The van der Waals surface area contributed by atoms with Gasteiger partial charge in [0.1, 0.15) is 11.6 Å². The number of aromatic nitrogens is 1. The molecule has 0 saturated carbocycles. The number of alkyl halides is 3. The van der Waals surface area contributed by atoms with E-state index < -0.39 is 39.8 Å². The fraction of sp³-hybridized carbons (Fsp3) is 0.143. The van der Waals surface area contributed by atoms with Crippen molar-refractivity contribution in [2.75, 3.05) is 11.9 Å². The first-order chi connectivity index (χ1) is 15.1. The standard InChI is InChI=1S/C21H15ClF4N2O4/c1-2-31-18-7-11(23)3-4-16(18)32-17-10-14(21(24,25)26)15(22)9-13(17)20(30)28-12-5-6-27-19(29)8-12/h3-10H,2H2,1H3,(H2,27,28,29,30). The number of aromatic amines is 1. The molecule has 1 aromatic heterocycles. The summed E-state index contributed by atoms with van der Waals surface area (Å²) >= 11 is 5.78. The summed E-state index contributed by atoms with van der Waals surface area (Å²) in [7, 11) is 0. The van der Waals surface area contributed by atoms with Crippen molar-refractivity contribution in [1.82, 2.24) is 4.98 Å². The van der Waals surface area contributed by atoms with Crippen LogP contribution in [0.2, 0.25) is 5.02 Å². The molecule has 0 saturated heterocycles. The zero-order chi connectivity index (χ0) is 23.5. The van der Waals surface area contributed by atoms with E-state index in [9.17, 15) is 27.2 Å². The number of benzene rings is 2. The number of nitrogens with one attached hydrogen (secondary N) is 2. The van der Waals surface area contributed by atoms with Crippen LogP contribution in [0.1, 0.15) is 22.8 Å². The van der Waals surface area contributed by atoms with Crippen LogP contribution >= 0.6 is 11.6 Å². The Bertz CT molecular complexity index is 1210. The number of ether oxygens (including phenoxy) is 2. The summed E-state index contributed by atoms with van der Waals surface area (Å²) in [6.45, 7) is 1.75. The summed E-state index contributed by atoms with van der Waals surface area (Å²) in [5, 5.41) is 1.66. The molecular formula is C21H15ClF4N2O4. The van der Waals surface area contributed by atoms with Crippen LogP contribution in [0.3, 0.4) is 0 Å². The molecule has 0 radical (unpaired) electrons. The molecule has 6 nitrogen and oxygen atoms in total. The first kappa shape index (κ1) is 23.1. The van der Waals surface area contributed by atoms with Gasteiger partial charge in [0.15, 0.2) is 11.5 Å². The van der Waals surface area contributed by atoms with Gasteiger partial charge in [-0.2, -0.15) is 13.2 Å². The van der Waals surface area contributed by atoms with Gasteiger partial charge < -0.3 is 19.8 Å². The number of amides is 1. The molecule has 2 aromatic carbocycles. The van der Waals surface area contributed by atoms with Gasteiger partial charge in [0.05, 0.1) is 22.8 Å². The second-order valence-electron chi connectivity index (χ2n) is 6.35. The molecule has 2 N–H and O–H groups in total. The Morgan fingerprint density at radius 3 is 2.50 bits per heavy atom. The minimum atomic E-state index is -4.83. The summed E-state index contributed by atoms with van der Waals surface area (Å²) in [5.74, 6) is -2.23. The lowest BCUT2D eigenvalue weighted by molar-refractivity contribution is -0.137. The number of hydrogen-bond acceptors (Lipinski definition) is 4. The molecule has 0 atom stereocenters. The van der Waals surface area contributed by atoms with Crippen molar-refractivity contribution in [2.24, 2.45) is 0 Å². The van der Waals surface area contributed by atoms with Crippen molar-refractivity contribution < 1.29 is 31.8 Å². The fourth-order valence-corrected chi connectivity index (χ4v) is 2.98. The fourth-order valence-electron chi connectivity index (χ4n) is 2.71. The average Bonchev–Trinajstić information content (AvgIpc) is 2.70. The molecular weight excluding hydrogens is 456 g/mol. The maximum Gasteiger partial charge on any atom is 0.417 e. The van der Waals surface area contributed by atoms with E-state index in [-0.39, 0.29) is 29.4 Å². The Balaban J connectivity index is 2.08. The Kier molecular flexibility index (Phi) is 6.73. The lowest BCUT2D eigenvalue weighted by Crippen LogP contribution is -2.16. The number of H-pyrrole nitrogens is 1. The average molecular weight is 471 g/mol. The summed E-state index contributed by atoms with van der Waals surface area (Å²) in [4.78, 5) is 26.6. The van der Waals surface area contributed by atoms with Gasteiger partial charge in [-0.3, -0.25) is 9.59 Å². The Morgan fingerprint density at radius 1 is 1.09 bits per heavy atom. The molecule has 0 unspecified atom stereocenters. The third-order valence-corrected chi connectivity index (χ3v) is 4.39. The van der Waals surface area contributed by atoms with Crippen LogP contribution < -0.4 is 20.3 Å². The van der Waals surface area contributed by atoms with Gasteiger partial charge in [-0.05, 0) is 37.3 Å². The quantitative estimate of drug-likeness (QED) is 0.458. The molecule has 32 heavy (non-hydrogen) atoms. The summed E-state index contributed by atoms with van der Waals surface area (Å²) in [6, 6.07) is 6.99. The molecule has 0 bridgehead atoms. The number of carbonyl (C=O) groups excluding carboxylic acids is 1. The van der Waals surface area contributed by atoms with Crippen LogP contribution in [-0.2, 0) is 6.18 Å². The maximum atomic E-state index is 13.6. The molecule has 1 amide bonds. The van der Waals surface area contributed by atoms with Crippen molar-refractivity contribution >= 4 is 23.2 Å².